The highest BCUT2D eigenvalue weighted by Gasteiger charge is 2.52. The van der Waals surface area contributed by atoms with E-state index in [1.807, 2.05) is 6.07 Å². The molecule has 2 fully saturated rings. The van der Waals surface area contributed by atoms with Gasteiger partial charge in [0, 0.05) is 44.3 Å². The van der Waals surface area contributed by atoms with Gasteiger partial charge in [0.15, 0.2) is 0 Å². The molecule has 1 N–H and O–H groups in total. The molecule has 2 saturated heterocycles. The maximum Gasteiger partial charge on any atom is 0.412 e. The minimum Gasteiger partial charge on any atom is -0.410 e. The van der Waals surface area contributed by atoms with Crippen molar-refractivity contribution in [1.29, 1.82) is 0 Å². The molecule has 4 rings (SSSR count). The SMILES string of the molecule is CN1CC[C@@]2(C)c3cc(OC(=O)NCCCCCCCCCCN4CCOCC4)ccc3N(C)[C@@H]12. The number of anilines is 1. The van der Waals surface area contributed by atoms with Crippen LogP contribution in [0, 0.1) is 0 Å². The van der Waals surface area contributed by atoms with Gasteiger partial charge in [-0.1, -0.05) is 45.4 Å². The zero-order valence-electron chi connectivity index (χ0n) is 22.2. The number of hydrogen-bond donors (Lipinski definition) is 1. The Labute approximate surface area is 212 Å². The van der Waals surface area contributed by atoms with E-state index < -0.39 is 0 Å². The summed E-state index contributed by atoms with van der Waals surface area (Å²) in [7, 11) is 4.35. The molecule has 196 valence electrons. The van der Waals surface area contributed by atoms with Gasteiger partial charge in [0.05, 0.1) is 19.4 Å². The minimum absolute atomic E-state index is 0.0808. The fraction of sp³-hybridized carbons (Fsp3) is 0.750. The third-order valence-electron chi connectivity index (χ3n) is 8.29. The zero-order valence-corrected chi connectivity index (χ0v) is 22.2. The Morgan fingerprint density at radius 3 is 2.46 bits per heavy atom. The van der Waals surface area contributed by atoms with Crippen molar-refractivity contribution in [3.8, 4) is 5.75 Å². The number of morpholine rings is 1. The topological polar surface area (TPSA) is 57.3 Å². The number of likely N-dealkylation sites (tertiary alicyclic amines) is 1. The average molecular weight is 487 g/mol. The van der Waals surface area contributed by atoms with Crippen molar-refractivity contribution >= 4 is 11.8 Å². The Morgan fingerprint density at radius 1 is 1.03 bits per heavy atom. The largest absolute Gasteiger partial charge is 0.412 e. The highest BCUT2D eigenvalue weighted by molar-refractivity contribution is 5.72. The van der Waals surface area contributed by atoms with Crippen LogP contribution < -0.4 is 15.0 Å². The molecule has 35 heavy (non-hydrogen) atoms. The van der Waals surface area contributed by atoms with Gasteiger partial charge >= 0.3 is 6.09 Å². The number of nitrogens with one attached hydrogen (secondary N) is 1. The van der Waals surface area contributed by atoms with E-state index in [4.69, 9.17) is 9.47 Å². The standard InChI is InChI=1S/C28H46N4O3/c1-28-14-17-30(2)26(28)31(3)25-13-12-23(22-24(25)28)35-27(33)29-15-10-8-6-4-5-7-9-11-16-32-18-20-34-21-19-32/h12-13,22,26H,4-11,14-21H2,1-3H3,(H,29,33)/t26-,28+/m1/s1. The highest BCUT2D eigenvalue weighted by Crippen LogP contribution is 2.51. The van der Waals surface area contributed by atoms with E-state index in [2.05, 4.69) is 53.2 Å². The van der Waals surface area contributed by atoms with Gasteiger partial charge in [-0.2, -0.15) is 0 Å². The van der Waals surface area contributed by atoms with Crippen LogP contribution in [-0.4, -0.2) is 82.1 Å². The fourth-order valence-electron chi connectivity index (χ4n) is 6.30. The molecule has 3 aliphatic heterocycles. The lowest BCUT2D eigenvalue weighted by molar-refractivity contribution is 0.0371. The predicted octanol–water partition coefficient (Wildman–Crippen LogP) is 4.60. The second-order valence-electron chi connectivity index (χ2n) is 10.9. The van der Waals surface area contributed by atoms with Crippen LogP contribution in [0.1, 0.15) is 70.3 Å². The summed E-state index contributed by atoms with van der Waals surface area (Å²) >= 11 is 0. The Hall–Kier alpha value is -1.83. The number of nitrogens with zero attached hydrogens (tertiary/aromatic N) is 3. The fourth-order valence-corrected chi connectivity index (χ4v) is 6.30. The smallest absolute Gasteiger partial charge is 0.410 e. The van der Waals surface area contributed by atoms with Crippen LogP contribution in [0.25, 0.3) is 0 Å². The molecule has 0 aromatic heterocycles. The number of carbonyl (C=O) groups excluding carboxylic acids is 1. The summed E-state index contributed by atoms with van der Waals surface area (Å²) in [6.45, 7) is 9.33. The van der Waals surface area contributed by atoms with E-state index in [9.17, 15) is 4.79 Å². The van der Waals surface area contributed by atoms with Gasteiger partial charge in [-0.05, 0) is 56.6 Å². The molecule has 0 spiro atoms. The molecular formula is C28H46N4O3. The first-order chi connectivity index (χ1) is 17.0. The number of carbonyl (C=O) groups is 1. The van der Waals surface area contributed by atoms with Gasteiger partial charge in [-0.3, -0.25) is 9.80 Å². The van der Waals surface area contributed by atoms with Crippen molar-refractivity contribution in [3.05, 3.63) is 23.8 Å². The number of hydrogen-bond acceptors (Lipinski definition) is 6. The summed E-state index contributed by atoms with van der Waals surface area (Å²) in [4.78, 5) is 19.6. The highest BCUT2D eigenvalue weighted by atomic mass is 16.6. The molecule has 2 atom stereocenters. The van der Waals surface area contributed by atoms with Gasteiger partial charge in [-0.15, -0.1) is 0 Å². The lowest BCUT2D eigenvalue weighted by Gasteiger charge is -2.32. The molecule has 7 heteroatoms. The predicted molar refractivity (Wildman–Crippen MR) is 141 cm³/mol. The zero-order chi connectivity index (χ0) is 24.7. The Balaban J connectivity index is 1.05. The summed E-state index contributed by atoms with van der Waals surface area (Å²) < 4.78 is 11.0. The van der Waals surface area contributed by atoms with Gasteiger partial charge in [0.25, 0.3) is 0 Å². The summed E-state index contributed by atoms with van der Waals surface area (Å²) in [6, 6.07) is 6.09. The minimum atomic E-state index is -0.346. The summed E-state index contributed by atoms with van der Waals surface area (Å²) in [5.41, 5.74) is 2.62. The van der Waals surface area contributed by atoms with Crippen molar-refractivity contribution in [1.82, 2.24) is 15.1 Å². The van der Waals surface area contributed by atoms with Crippen LogP contribution in [0.2, 0.25) is 0 Å². The number of amides is 1. The summed E-state index contributed by atoms with van der Waals surface area (Å²) in [5.74, 6) is 0.639. The lowest BCUT2D eigenvalue weighted by Crippen LogP contribution is -2.45. The molecule has 0 aliphatic carbocycles. The number of unbranched alkanes of at least 4 members (excludes halogenated alkanes) is 7. The Bertz CT molecular complexity index is 828. The van der Waals surface area contributed by atoms with Crippen molar-refractivity contribution in [2.24, 2.45) is 0 Å². The van der Waals surface area contributed by atoms with E-state index in [0.29, 0.717) is 18.5 Å². The molecule has 1 aromatic carbocycles. The second kappa shape index (κ2) is 12.4. The van der Waals surface area contributed by atoms with Crippen LogP contribution in [0.4, 0.5) is 10.5 Å². The molecule has 0 radical (unpaired) electrons. The van der Waals surface area contributed by atoms with E-state index in [-0.39, 0.29) is 11.5 Å². The normalized spacial score (nSPS) is 24.4. The molecule has 7 nitrogen and oxygen atoms in total. The average Bonchev–Trinajstić information content (AvgIpc) is 3.28. The maximum absolute atomic E-state index is 12.3. The van der Waals surface area contributed by atoms with Crippen LogP contribution in [0.5, 0.6) is 5.75 Å². The van der Waals surface area contributed by atoms with Gasteiger partial charge in [0.2, 0.25) is 0 Å². The molecule has 0 unspecified atom stereocenters. The van der Waals surface area contributed by atoms with E-state index in [0.717, 1.165) is 52.1 Å². The molecule has 3 heterocycles. The summed E-state index contributed by atoms with van der Waals surface area (Å²) in [5, 5.41) is 2.93. The van der Waals surface area contributed by atoms with E-state index in [1.165, 1.54) is 56.3 Å². The van der Waals surface area contributed by atoms with Crippen LogP contribution in [0.3, 0.4) is 0 Å². The number of fused-ring (bicyclic) bond motifs is 3. The molecule has 0 saturated carbocycles. The van der Waals surface area contributed by atoms with Crippen LogP contribution in [-0.2, 0) is 10.2 Å². The number of likely N-dealkylation sites (N-methyl/N-ethyl adjacent to an activating group) is 2. The van der Waals surface area contributed by atoms with Crippen molar-refractivity contribution < 1.29 is 14.3 Å². The van der Waals surface area contributed by atoms with Crippen molar-refractivity contribution in [3.63, 3.8) is 0 Å². The van der Waals surface area contributed by atoms with Crippen molar-refractivity contribution in [2.45, 2.75) is 76.3 Å². The van der Waals surface area contributed by atoms with Gasteiger partial charge in [0.1, 0.15) is 5.75 Å². The van der Waals surface area contributed by atoms with Crippen LogP contribution >= 0.6 is 0 Å². The Kier molecular flexibility index (Phi) is 9.31. The first kappa shape index (κ1) is 26.2. The monoisotopic (exact) mass is 486 g/mol. The number of benzene rings is 1. The Morgan fingerprint density at radius 2 is 1.71 bits per heavy atom. The first-order valence-electron chi connectivity index (χ1n) is 13.8. The van der Waals surface area contributed by atoms with E-state index in [1.54, 1.807) is 0 Å². The molecular weight excluding hydrogens is 440 g/mol. The van der Waals surface area contributed by atoms with E-state index >= 15 is 0 Å². The first-order valence-corrected chi connectivity index (χ1v) is 13.8. The number of ether oxygens (including phenoxy) is 2. The summed E-state index contributed by atoms with van der Waals surface area (Å²) in [6.07, 6.45) is 11.1. The molecule has 1 amide bonds. The quantitative estimate of drug-likeness (QED) is 0.436. The van der Waals surface area contributed by atoms with Gasteiger partial charge < -0.3 is 19.7 Å². The second-order valence-corrected chi connectivity index (χ2v) is 10.9. The third-order valence-corrected chi connectivity index (χ3v) is 8.29. The molecule has 0 bridgehead atoms. The van der Waals surface area contributed by atoms with Crippen molar-refractivity contribution in [2.75, 3.05) is 64.9 Å². The van der Waals surface area contributed by atoms with Crippen LogP contribution in [0.15, 0.2) is 18.2 Å². The lowest BCUT2D eigenvalue weighted by atomic mass is 9.81. The number of rotatable bonds is 12. The molecule has 1 aromatic rings. The maximum atomic E-state index is 12.3. The molecule has 3 aliphatic rings. The third kappa shape index (κ3) is 6.49. The van der Waals surface area contributed by atoms with Gasteiger partial charge in [-0.25, -0.2) is 4.79 Å².